The van der Waals surface area contributed by atoms with Crippen molar-refractivity contribution in [1.29, 1.82) is 0 Å². The van der Waals surface area contributed by atoms with Crippen LogP contribution < -0.4 is 0 Å². The molecule has 0 rings (SSSR count). The summed E-state index contributed by atoms with van der Waals surface area (Å²) < 4.78 is 1.20. The molecule has 0 saturated carbocycles. The summed E-state index contributed by atoms with van der Waals surface area (Å²) in [6, 6.07) is 0. The van der Waals surface area contributed by atoms with Crippen LogP contribution in [0.4, 0.5) is 0 Å². The first-order chi connectivity index (χ1) is 30.1. The lowest BCUT2D eigenvalue weighted by molar-refractivity contribution is -0.691. The fourth-order valence-electron chi connectivity index (χ4n) is 9.67. The first-order valence-electron chi connectivity index (χ1n) is 28.9. The van der Waals surface area contributed by atoms with E-state index in [1.54, 1.807) is 0 Å². The van der Waals surface area contributed by atoms with Gasteiger partial charge in [-0.15, -0.1) is 0 Å². The summed E-state index contributed by atoms with van der Waals surface area (Å²) in [7, 11) is 0. The Bertz CT molecular complexity index is 760. The number of quaternary nitrogens is 1. The van der Waals surface area contributed by atoms with Gasteiger partial charge in [-0.3, -0.25) is 0 Å². The van der Waals surface area contributed by atoms with Crippen LogP contribution in [0.1, 0.15) is 348 Å². The summed E-state index contributed by atoms with van der Waals surface area (Å²) >= 11 is 16.2. The van der Waals surface area contributed by atoms with Crippen LogP contribution >= 0.6 is 24.8 Å². The summed E-state index contributed by atoms with van der Waals surface area (Å²) in [6.45, 7) is 6.61. The zero-order chi connectivity index (χ0) is 44.3. The topological polar surface area (TPSA) is 0 Å². The van der Waals surface area contributed by atoms with Gasteiger partial charge in [0.1, 0.15) is 0 Å². The highest BCUT2D eigenvalue weighted by atomic mass is 32.1. The van der Waals surface area contributed by atoms with E-state index in [4.69, 9.17) is 25.0 Å². The maximum atomic E-state index is 6.03. The summed E-state index contributed by atoms with van der Waals surface area (Å²) in [5.41, 5.74) is 0. The van der Waals surface area contributed by atoms with Crippen molar-refractivity contribution in [2.45, 2.75) is 348 Å². The van der Waals surface area contributed by atoms with Gasteiger partial charge in [-0.05, 0) is 37.9 Å². The van der Waals surface area contributed by atoms with Crippen molar-refractivity contribution in [3.05, 3.63) is 0 Å². The minimum absolute atomic E-state index is 0.483. The molecule has 0 spiro atoms. The van der Waals surface area contributed by atoms with Crippen LogP contribution in [0.25, 0.3) is 0 Å². The third-order valence-corrected chi connectivity index (χ3v) is 15.6. The molecule has 0 aromatic rings. The standard InChI is InChI=1S/C57H115NS3/c1-3-5-7-9-11-13-15-17-19-21-23-25-27-29-31-33-35-37-39-41-43-45-47-49-51-53-55-58(61,57(59)60)56-54-52-50-48-46-44-42-40-38-36-34-32-30-28-26-24-22-20-18-16-14-12-10-8-6-4-2/h3-56H2,1-2H3,(H,59,60). The van der Waals surface area contributed by atoms with Gasteiger partial charge in [-0.1, -0.05) is 335 Å². The molecule has 0 fully saturated rings. The lowest BCUT2D eigenvalue weighted by Crippen LogP contribution is -2.46. The molecule has 0 aliphatic carbocycles. The molecule has 366 valence electrons. The SMILES string of the molecule is CCCCCCCCCCCCCCCCCCCCCCCCCCCC[N+]([S-])(CCCCCCCCCCCCCCCCCCCCCCCCCCCC)C(=S)S. The Hall–Kier alpha value is 0.750. The average molecular weight is 911 g/mol. The minimum atomic E-state index is 0.483. The highest BCUT2D eigenvalue weighted by Crippen LogP contribution is 2.20. The predicted molar refractivity (Wildman–Crippen MR) is 290 cm³/mol. The Morgan fingerprint density at radius 1 is 0.262 bits per heavy atom. The molecular formula is C57H115NS3. The Labute approximate surface area is 404 Å². The van der Waals surface area contributed by atoms with Crippen molar-refractivity contribution in [3.8, 4) is 0 Å². The van der Waals surface area contributed by atoms with E-state index >= 15 is 0 Å². The molecular weight excluding hydrogens is 795 g/mol. The van der Waals surface area contributed by atoms with Crippen molar-refractivity contribution in [1.82, 2.24) is 0 Å². The molecule has 4 heteroatoms. The van der Waals surface area contributed by atoms with E-state index in [0.29, 0.717) is 8.21 Å². The second kappa shape index (κ2) is 53.4. The zero-order valence-electron chi connectivity index (χ0n) is 42.4. The maximum Gasteiger partial charge on any atom is 0.212 e. The molecule has 0 amide bonds. The van der Waals surface area contributed by atoms with Crippen molar-refractivity contribution in [3.63, 3.8) is 0 Å². The monoisotopic (exact) mass is 910 g/mol. The molecule has 61 heavy (non-hydrogen) atoms. The van der Waals surface area contributed by atoms with Gasteiger partial charge in [0.25, 0.3) is 0 Å². The van der Waals surface area contributed by atoms with Gasteiger partial charge in [0.15, 0.2) is 0 Å². The van der Waals surface area contributed by atoms with Gasteiger partial charge < -0.3 is 16.7 Å². The smallest absolute Gasteiger partial charge is 0.212 e. The second-order valence-electron chi connectivity index (χ2n) is 20.3. The summed E-state index contributed by atoms with van der Waals surface area (Å²) in [5.74, 6) is 0. The van der Waals surface area contributed by atoms with Gasteiger partial charge in [-0.25, -0.2) is 0 Å². The lowest BCUT2D eigenvalue weighted by atomic mass is 10.0. The van der Waals surface area contributed by atoms with Crippen LogP contribution in [0, 0.1) is 0 Å². The number of hydrogen-bond donors (Lipinski definition) is 1. The number of nitrogens with zero attached hydrogens (tertiary/aromatic N) is 1. The third-order valence-electron chi connectivity index (χ3n) is 14.1. The summed E-state index contributed by atoms with van der Waals surface area (Å²) in [6.07, 6.45) is 74.7. The summed E-state index contributed by atoms with van der Waals surface area (Å²) in [4.78, 5) is 0. The summed E-state index contributed by atoms with van der Waals surface area (Å²) in [5, 5.41) is 0. The Morgan fingerprint density at radius 2 is 0.377 bits per heavy atom. The molecule has 0 atom stereocenters. The van der Waals surface area contributed by atoms with Gasteiger partial charge in [0.2, 0.25) is 4.32 Å². The fraction of sp³-hybridized carbons (Fsp3) is 0.982. The van der Waals surface area contributed by atoms with Crippen LogP contribution in [0.3, 0.4) is 0 Å². The molecule has 1 nitrogen and oxygen atoms in total. The first-order valence-corrected chi connectivity index (χ1v) is 30.1. The number of hydrogen-bond acceptors (Lipinski definition) is 2. The minimum Gasteiger partial charge on any atom is -0.486 e. The molecule has 0 aliphatic heterocycles. The van der Waals surface area contributed by atoms with Crippen molar-refractivity contribution < 1.29 is 3.89 Å². The highest BCUT2D eigenvalue weighted by molar-refractivity contribution is 8.10. The van der Waals surface area contributed by atoms with Gasteiger partial charge >= 0.3 is 0 Å². The molecule has 0 unspecified atom stereocenters. The van der Waals surface area contributed by atoms with Gasteiger partial charge in [0.05, 0.1) is 13.1 Å². The third kappa shape index (κ3) is 50.0. The number of rotatable bonds is 54. The highest BCUT2D eigenvalue weighted by Gasteiger charge is 2.17. The molecule has 0 aromatic heterocycles. The van der Waals surface area contributed by atoms with E-state index in [0.717, 1.165) is 13.1 Å². The predicted octanol–water partition coefficient (Wildman–Crippen LogP) is 21.8. The molecule has 0 saturated heterocycles. The van der Waals surface area contributed by atoms with E-state index < -0.39 is 0 Å². The maximum absolute atomic E-state index is 6.03. The zero-order valence-corrected chi connectivity index (χ0v) is 44.9. The largest absolute Gasteiger partial charge is 0.486 e. The number of unbranched alkanes of at least 4 members (excludes halogenated alkanes) is 50. The Balaban J connectivity index is 3.39. The average Bonchev–Trinajstić information content (AvgIpc) is 3.26. The van der Waals surface area contributed by atoms with Gasteiger partial charge in [-0.2, -0.15) is 0 Å². The Morgan fingerprint density at radius 3 is 0.492 bits per heavy atom. The second-order valence-corrected chi connectivity index (χ2v) is 22.1. The lowest BCUT2D eigenvalue weighted by Gasteiger charge is -2.42. The molecule has 0 aliphatic rings. The van der Waals surface area contributed by atoms with E-state index in [1.165, 1.54) is 334 Å². The van der Waals surface area contributed by atoms with Crippen LogP contribution in [0.2, 0.25) is 0 Å². The van der Waals surface area contributed by atoms with E-state index in [1.807, 2.05) is 0 Å². The van der Waals surface area contributed by atoms with Crippen molar-refractivity contribution in [2.75, 3.05) is 13.1 Å². The quantitative estimate of drug-likeness (QED) is 0.0212. The normalized spacial score (nSPS) is 11.9. The van der Waals surface area contributed by atoms with Crippen molar-refractivity contribution >= 4 is 42.0 Å². The molecule has 0 aromatic carbocycles. The van der Waals surface area contributed by atoms with Crippen LogP contribution in [0.15, 0.2) is 0 Å². The van der Waals surface area contributed by atoms with Crippen LogP contribution in [-0.4, -0.2) is 21.3 Å². The first kappa shape index (κ1) is 61.8. The number of thiol groups is 1. The van der Waals surface area contributed by atoms with Crippen molar-refractivity contribution in [2.24, 2.45) is 0 Å². The Kier molecular flexibility index (Phi) is 54.0. The number of thiocarbonyl (C=S) groups is 1. The van der Waals surface area contributed by atoms with Crippen LogP contribution in [-0.2, 0) is 12.8 Å². The molecule has 0 N–H and O–H groups in total. The molecule has 0 heterocycles. The van der Waals surface area contributed by atoms with Gasteiger partial charge in [0, 0.05) is 0 Å². The molecule has 0 bridgehead atoms. The van der Waals surface area contributed by atoms with E-state index in [9.17, 15) is 0 Å². The molecule has 0 radical (unpaired) electrons. The van der Waals surface area contributed by atoms with E-state index in [2.05, 4.69) is 26.5 Å². The van der Waals surface area contributed by atoms with Crippen LogP contribution in [0.5, 0.6) is 0 Å². The fourth-order valence-corrected chi connectivity index (χ4v) is 10.3. The van der Waals surface area contributed by atoms with E-state index in [-0.39, 0.29) is 0 Å².